The highest BCUT2D eigenvalue weighted by Gasteiger charge is 2.43. The molecule has 13 heavy (non-hydrogen) atoms. The Labute approximate surface area is 93.8 Å². The molecule has 0 aromatic rings. The molecule has 0 N–H and O–H groups in total. The van der Waals surface area contributed by atoms with Gasteiger partial charge in [-0.3, -0.25) is 4.90 Å². The van der Waals surface area contributed by atoms with Crippen LogP contribution < -0.4 is 0 Å². The summed E-state index contributed by atoms with van der Waals surface area (Å²) in [6.45, 7) is 5.01. The number of alkyl halides is 1. The second-order valence-corrected chi connectivity index (χ2v) is 6.24. The highest BCUT2D eigenvalue weighted by atomic mass is 79.9. The molecule has 0 amide bonds. The maximum absolute atomic E-state index is 3.65. The molecule has 0 radical (unpaired) electrons. The molecule has 3 heteroatoms. The van der Waals surface area contributed by atoms with Crippen molar-refractivity contribution >= 4 is 27.7 Å². The Morgan fingerprint density at radius 3 is 2.85 bits per heavy atom. The number of nitrogens with zero attached hydrogens (tertiary/aromatic N) is 1. The average molecular weight is 264 g/mol. The van der Waals surface area contributed by atoms with Crippen molar-refractivity contribution in [3.05, 3.63) is 0 Å². The molecule has 0 spiro atoms. The van der Waals surface area contributed by atoms with Crippen molar-refractivity contribution in [1.82, 2.24) is 4.90 Å². The predicted molar refractivity (Wildman–Crippen MR) is 63.8 cm³/mol. The third-order valence-corrected chi connectivity index (χ3v) is 5.66. The van der Waals surface area contributed by atoms with Gasteiger partial charge in [-0.15, -0.1) is 0 Å². The molecule has 1 aliphatic heterocycles. The summed E-state index contributed by atoms with van der Waals surface area (Å²) in [5.74, 6) is 2.67. The monoisotopic (exact) mass is 263 g/mol. The molecular weight excluding hydrogens is 246 g/mol. The topological polar surface area (TPSA) is 3.24 Å². The Balaban J connectivity index is 1.85. The zero-order valence-corrected chi connectivity index (χ0v) is 10.7. The SMILES string of the molecule is CC1CSCCN1CC1(CBr)CC1. The summed E-state index contributed by atoms with van der Waals surface area (Å²) in [5.41, 5.74) is 0.663. The molecular formula is C10H18BrNS. The maximum atomic E-state index is 3.65. The van der Waals surface area contributed by atoms with Gasteiger partial charge in [0.05, 0.1) is 0 Å². The number of hydrogen-bond acceptors (Lipinski definition) is 2. The van der Waals surface area contributed by atoms with Crippen molar-refractivity contribution in [2.45, 2.75) is 25.8 Å². The van der Waals surface area contributed by atoms with Gasteiger partial charge in [-0.1, -0.05) is 15.9 Å². The van der Waals surface area contributed by atoms with Crippen LogP contribution in [-0.4, -0.2) is 40.9 Å². The lowest BCUT2D eigenvalue weighted by molar-refractivity contribution is 0.195. The van der Waals surface area contributed by atoms with E-state index in [-0.39, 0.29) is 0 Å². The summed E-state index contributed by atoms with van der Waals surface area (Å²) in [4.78, 5) is 2.69. The molecule has 2 fully saturated rings. The molecule has 2 rings (SSSR count). The van der Waals surface area contributed by atoms with Gasteiger partial charge in [0.25, 0.3) is 0 Å². The fourth-order valence-corrected chi connectivity index (χ4v) is 3.76. The summed E-state index contributed by atoms with van der Waals surface area (Å²) in [5, 5.41) is 1.20. The first-order valence-electron chi connectivity index (χ1n) is 5.14. The van der Waals surface area contributed by atoms with Crippen LogP contribution in [0, 0.1) is 5.41 Å². The Kier molecular flexibility index (Phi) is 3.26. The van der Waals surface area contributed by atoms with Crippen molar-refractivity contribution in [3.8, 4) is 0 Å². The third-order valence-electron chi connectivity index (χ3n) is 3.28. The summed E-state index contributed by atoms with van der Waals surface area (Å²) >= 11 is 5.76. The first-order valence-corrected chi connectivity index (χ1v) is 7.41. The maximum Gasteiger partial charge on any atom is 0.0158 e. The van der Waals surface area contributed by atoms with E-state index in [1.165, 1.54) is 42.8 Å². The van der Waals surface area contributed by atoms with Gasteiger partial charge in [0.1, 0.15) is 0 Å². The second-order valence-electron chi connectivity index (χ2n) is 4.53. The molecule has 1 unspecified atom stereocenters. The van der Waals surface area contributed by atoms with Crippen LogP contribution in [0.25, 0.3) is 0 Å². The van der Waals surface area contributed by atoms with E-state index in [0.717, 1.165) is 6.04 Å². The van der Waals surface area contributed by atoms with Gasteiger partial charge in [-0.05, 0) is 25.2 Å². The standard InChI is InChI=1S/C10H18BrNS/c1-9-6-13-5-4-12(9)8-10(7-11)2-3-10/h9H,2-8H2,1H3. The molecule has 76 valence electrons. The molecule has 1 aliphatic carbocycles. The average Bonchev–Trinajstić information content (AvgIpc) is 2.90. The summed E-state index contributed by atoms with van der Waals surface area (Å²) < 4.78 is 0. The summed E-state index contributed by atoms with van der Waals surface area (Å²) in [6, 6.07) is 0.801. The Morgan fingerprint density at radius 2 is 2.31 bits per heavy atom. The summed E-state index contributed by atoms with van der Waals surface area (Å²) in [7, 11) is 0. The number of thioether (sulfide) groups is 1. The van der Waals surface area contributed by atoms with Crippen LogP contribution in [0.15, 0.2) is 0 Å². The minimum absolute atomic E-state index is 0.663. The Morgan fingerprint density at radius 1 is 1.54 bits per heavy atom. The normalized spacial score (nSPS) is 33.2. The van der Waals surface area contributed by atoms with E-state index in [0.29, 0.717) is 5.41 Å². The van der Waals surface area contributed by atoms with Crippen LogP contribution in [0.1, 0.15) is 19.8 Å². The lowest BCUT2D eigenvalue weighted by Crippen LogP contribution is -2.43. The van der Waals surface area contributed by atoms with Crippen LogP contribution in [-0.2, 0) is 0 Å². The van der Waals surface area contributed by atoms with E-state index in [9.17, 15) is 0 Å². The van der Waals surface area contributed by atoms with E-state index in [2.05, 4.69) is 39.5 Å². The lowest BCUT2D eigenvalue weighted by atomic mass is 10.1. The van der Waals surface area contributed by atoms with E-state index in [1.54, 1.807) is 0 Å². The van der Waals surface area contributed by atoms with E-state index < -0.39 is 0 Å². The van der Waals surface area contributed by atoms with Crippen molar-refractivity contribution in [2.75, 3.05) is 29.9 Å². The highest BCUT2D eigenvalue weighted by Crippen LogP contribution is 2.48. The smallest absolute Gasteiger partial charge is 0.0158 e. The molecule has 1 nitrogen and oxygen atoms in total. The minimum Gasteiger partial charge on any atom is -0.298 e. The zero-order chi connectivity index (χ0) is 9.31. The Hall–Kier alpha value is 0.790. The van der Waals surface area contributed by atoms with Gasteiger partial charge >= 0.3 is 0 Å². The number of halogens is 1. The van der Waals surface area contributed by atoms with Gasteiger partial charge in [-0.2, -0.15) is 11.8 Å². The highest BCUT2D eigenvalue weighted by molar-refractivity contribution is 9.09. The van der Waals surface area contributed by atoms with Crippen LogP contribution in [0.3, 0.4) is 0 Å². The van der Waals surface area contributed by atoms with Crippen LogP contribution in [0.2, 0.25) is 0 Å². The fraction of sp³-hybridized carbons (Fsp3) is 1.00. The Bertz CT molecular complexity index is 182. The zero-order valence-electron chi connectivity index (χ0n) is 8.26. The van der Waals surface area contributed by atoms with Crippen molar-refractivity contribution in [3.63, 3.8) is 0 Å². The second kappa shape index (κ2) is 4.11. The van der Waals surface area contributed by atoms with Gasteiger partial charge in [-0.25, -0.2) is 0 Å². The number of rotatable bonds is 3. The first kappa shape index (κ1) is 10.3. The first-order chi connectivity index (χ1) is 6.26. The molecule has 1 atom stereocenters. The summed E-state index contributed by atoms with van der Waals surface area (Å²) in [6.07, 6.45) is 2.88. The molecule has 0 aromatic heterocycles. The van der Waals surface area contributed by atoms with Crippen LogP contribution in [0.5, 0.6) is 0 Å². The van der Waals surface area contributed by atoms with Crippen molar-refractivity contribution in [2.24, 2.45) is 5.41 Å². The molecule has 1 heterocycles. The van der Waals surface area contributed by atoms with Gasteiger partial charge in [0.15, 0.2) is 0 Å². The van der Waals surface area contributed by atoms with Gasteiger partial charge in [0.2, 0.25) is 0 Å². The quantitative estimate of drug-likeness (QED) is 0.721. The fourth-order valence-electron chi connectivity index (χ4n) is 1.94. The van der Waals surface area contributed by atoms with E-state index >= 15 is 0 Å². The number of hydrogen-bond donors (Lipinski definition) is 0. The minimum atomic E-state index is 0.663. The van der Waals surface area contributed by atoms with Gasteiger partial charge in [0, 0.05) is 36.0 Å². The van der Waals surface area contributed by atoms with Crippen molar-refractivity contribution < 1.29 is 0 Å². The van der Waals surface area contributed by atoms with Gasteiger partial charge < -0.3 is 0 Å². The molecule has 2 aliphatic rings. The molecule has 0 aromatic carbocycles. The molecule has 1 saturated heterocycles. The van der Waals surface area contributed by atoms with E-state index in [1.807, 2.05) is 0 Å². The molecule has 1 saturated carbocycles. The lowest BCUT2D eigenvalue weighted by Gasteiger charge is -2.35. The largest absolute Gasteiger partial charge is 0.298 e. The van der Waals surface area contributed by atoms with Crippen molar-refractivity contribution in [1.29, 1.82) is 0 Å². The predicted octanol–water partition coefficient (Wildman–Crippen LogP) is 2.60. The van der Waals surface area contributed by atoms with Crippen LogP contribution in [0.4, 0.5) is 0 Å². The molecule has 0 bridgehead atoms. The van der Waals surface area contributed by atoms with Crippen LogP contribution >= 0.6 is 27.7 Å². The third kappa shape index (κ3) is 2.42. The van der Waals surface area contributed by atoms with E-state index in [4.69, 9.17) is 0 Å².